The van der Waals surface area contributed by atoms with Gasteiger partial charge in [0.05, 0.1) is 12.0 Å². The van der Waals surface area contributed by atoms with Crippen molar-refractivity contribution in [3.63, 3.8) is 0 Å². The number of aromatic nitrogens is 3. The lowest BCUT2D eigenvalue weighted by Gasteiger charge is -2.05. The van der Waals surface area contributed by atoms with E-state index in [9.17, 15) is 4.79 Å². The fourth-order valence-electron chi connectivity index (χ4n) is 2.10. The van der Waals surface area contributed by atoms with E-state index in [1.54, 1.807) is 18.4 Å². The van der Waals surface area contributed by atoms with Gasteiger partial charge in [-0.3, -0.25) is 9.89 Å². The number of nitrogens with one attached hydrogen (secondary N) is 1. The molecule has 0 aliphatic carbocycles. The standard InChI is InChI=1S/C17H17N3O2S/c1-11(2)12-5-7-13(8-6-12)14(21)10-23-17-18-16(19-20-17)15-4-3-9-22-15/h3-9,11H,10H2,1-2H3,(H,18,19,20). The van der Waals surface area contributed by atoms with E-state index < -0.39 is 0 Å². The van der Waals surface area contributed by atoms with Crippen LogP contribution in [-0.2, 0) is 0 Å². The van der Waals surface area contributed by atoms with Crippen molar-refractivity contribution in [1.82, 2.24) is 15.2 Å². The topological polar surface area (TPSA) is 71.8 Å². The second-order valence-electron chi connectivity index (χ2n) is 5.43. The molecule has 0 aliphatic rings. The molecule has 0 saturated heterocycles. The second kappa shape index (κ2) is 6.83. The zero-order valence-corrected chi connectivity index (χ0v) is 13.8. The van der Waals surface area contributed by atoms with Crippen LogP contribution < -0.4 is 0 Å². The Labute approximate surface area is 138 Å². The predicted molar refractivity (Wildman–Crippen MR) is 89.7 cm³/mol. The highest BCUT2D eigenvalue weighted by atomic mass is 32.2. The number of benzene rings is 1. The van der Waals surface area contributed by atoms with Crippen molar-refractivity contribution in [2.45, 2.75) is 24.9 Å². The van der Waals surface area contributed by atoms with E-state index in [1.165, 1.54) is 17.3 Å². The van der Waals surface area contributed by atoms with Crippen molar-refractivity contribution < 1.29 is 9.21 Å². The number of ketones is 1. The molecule has 1 N–H and O–H groups in total. The molecular weight excluding hydrogens is 310 g/mol. The number of hydrogen-bond acceptors (Lipinski definition) is 5. The molecule has 118 valence electrons. The van der Waals surface area contributed by atoms with Crippen molar-refractivity contribution in [2.75, 3.05) is 5.75 Å². The van der Waals surface area contributed by atoms with Crippen LogP contribution in [0.15, 0.2) is 52.2 Å². The first kappa shape index (κ1) is 15.6. The molecule has 1 aromatic carbocycles. The molecule has 0 radical (unpaired) electrons. The first-order valence-corrected chi connectivity index (χ1v) is 8.34. The highest BCUT2D eigenvalue weighted by Gasteiger charge is 2.12. The minimum absolute atomic E-state index is 0.0645. The van der Waals surface area contributed by atoms with Crippen LogP contribution in [-0.4, -0.2) is 26.7 Å². The highest BCUT2D eigenvalue weighted by molar-refractivity contribution is 7.99. The third kappa shape index (κ3) is 3.71. The van der Waals surface area contributed by atoms with Crippen LogP contribution >= 0.6 is 11.8 Å². The van der Waals surface area contributed by atoms with Crippen molar-refractivity contribution in [3.8, 4) is 11.6 Å². The van der Waals surface area contributed by atoms with E-state index in [-0.39, 0.29) is 5.78 Å². The molecule has 3 rings (SSSR count). The minimum atomic E-state index is 0.0645. The Bertz CT molecular complexity index is 777. The quantitative estimate of drug-likeness (QED) is 0.543. The highest BCUT2D eigenvalue weighted by Crippen LogP contribution is 2.21. The maximum atomic E-state index is 12.2. The van der Waals surface area contributed by atoms with E-state index in [0.29, 0.717) is 34.0 Å². The smallest absolute Gasteiger partial charge is 0.209 e. The molecule has 0 fully saturated rings. The number of carbonyl (C=O) groups excluding carboxylic acids is 1. The predicted octanol–water partition coefficient (Wildman–Crippen LogP) is 4.16. The van der Waals surface area contributed by atoms with Crippen LogP contribution in [0.25, 0.3) is 11.6 Å². The monoisotopic (exact) mass is 327 g/mol. The van der Waals surface area contributed by atoms with Gasteiger partial charge < -0.3 is 4.42 Å². The third-order valence-corrected chi connectivity index (χ3v) is 4.30. The zero-order chi connectivity index (χ0) is 16.2. The molecule has 0 atom stereocenters. The number of nitrogens with zero attached hydrogens (tertiary/aromatic N) is 2. The molecule has 5 nitrogen and oxygen atoms in total. The van der Waals surface area contributed by atoms with E-state index in [2.05, 4.69) is 29.0 Å². The summed E-state index contributed by atoms with van der Waals surface area (Å²) < 4.78 is 5.25. The molecule has 0 bridgehead atoms. The van der Waals surface area contributed by atoms with Crippen LogP contribution in [0, 0.1) is 0 Å². The summed E-state index contributed by atoms with van der Waals surface area (Å²) in [5.74, 6) is 2.01. The van der Waals surface area contributed by atoms with E-state index in [0.717, 1.165) is 0 Å². The van der Waals surface area contributed by atoms with Crippen molar-refractivity contribution >= 4 is 17.5 Å². The molecule has 2 aromatic heterocycles. The van der Waals surface area contributed by atoms with Gasteiger partial charge in [-0.25, -0.2) is 0 Å². The zero-order valence-electron chi connectivity index (χ0n) is 12.9. The SMILES string of the molecule is CC(C)c1ccc(C(=O)CSc2n[nH]c(-c3ccco3)n2)cc1. The maximum absolute atomic E-state index is 12.2. The number of H-pyrrole nitrogens is 1. The van der Waals surface area contributed by atoms with Gasteiger partial charge >= 0.3 is 0 Å². The Morgan fingerprint density at radius 1 is 1.26 bits per heavy atom. The number of carbonyl (C=O) groups is 1. The molecule has 0 amide bonds. The van der Waals surface area contributed by atoms with E-state index in [4.69, 9.17) is 4.42 Å². The van der Waals surface area contributed by atoms with Gasteiger partial charge in [-0.05, 0) is 23.6 Å². The van der Waals surface area contributed by atoms with Gasteiger partial charge in [0.1, 0.15) is 0 Å². The molecule has 0 saturated carbocycles. The number of furan rings is 1. The molecular formula is C17H17N3O2S. The van der Waals surface area contributed by atoms with Crippen LogP contribution in [0.1, 0.15) is 35.7 Å². The Balaban J connectivity index is 1.60. The van der Waals surface area contributed by atoms with Crippen molar-refractivity contribution in [3.05, 3.63) is 53.8 Å². The summed E-state index contributed by atoms with van der Waals surface area (Å²) in [6.07, 6.45) is 1.58. The van der Waals surface area contributed by atoms with E-state index in [1.807, 2.05) is 24.3 Å². The number of thioether (sulfide) groups is 1. The molecule has 0 aliphatic heterocycles. The average Bonchev–Trinajstić information content (AvgIpc) is 3.23. The average molecular weight is 327 g/mol. The summed E-state index contributed by atoms with van der Waals surface area (Å²) in [7, 11) is 0. The molecule has 0 spiro atoms. The third-order valence-electron chi connectivity index (χ3n) is 3.45. The fraction of sp³-hybridized carbons (Fsp3) is 0.235. The van der Waals surface area contributed by atoms with Gasteiger partial charge in [0.15, 0.2) is 17.4 Å². The first-order chi connectivity index (χ1) is 11.1. The lowest BCUT2D eigenvalue weighted by Crippen LogP contribution is -2.03. The van der Waals surface area contributed by atoms with Crippen LogP contribution in [0.2, 0.25) is 0 Å². The molecule has 23 heavy (non-hydrogen) atoms. The summed E-state index contributed by atoms with van der Waals surface area (Å²) in [6.45, 7) is 4.26. The molecule has 3 aromatic rings. The summed E-state index contributed by atoms with van der Waals surface area (Å²) in [5.41, 5.74) is 1.94. The summed E-state index contributed by atoms with van der Waals surface area (Å²) in [5, 5.41) is 7.43. The van der Waals surface area contributed by atoms with Gasteiger partial charge in [-0.1, -0.05) is 49.9 Å². The van der Waals surface area contributed by atoms with Gasteiger partial charge in [-0.15, -0.1) is 5.10 Å². The first-order valence-electron chi connectivity index (χ1n) is 7.35. The minimum Gasteiger partial charge on any atom is -0.461 e. The number of rotatable bonds is 6. The Morgan fingerprint density at radius 2 is 2.04 bits per heavy atom. The molecule has 6 heteroatoms. The fourth-order valence-corrected chi connectivity index (χ4v) is 2.79. The number of hydrogen-bond donors (Lipinski definition) is 1. The van der Waals surface area contributed by atoms with E-state index >= 15 is 0 Å². The number of aromatic amines is 1. The van der Waals surface area contributed by atoms with Crippen LogP contribution in [0.4, 0.5) is 0 Å². The van der Waals surface area contributed by atoms with Crippen LogP contribution in [0.3, 0.4) is 0 Å². The molecule has 2 heterocycles. The Morgan fingerprint density at radius 3 is 2.70 bits per heavy atom. The largest absolute Gasteiger partial charge is 0.461 e. The lowest BCUT2D eigenvalue weighted by molar-refractivity contribution is 0.102. The number of Topliss-reactive ketones (excluding diaryl/α,β-unsaturated/α-hetero) is 1. The van der Waals surface area contributed by atoms with Crippen molar-refractivity contribution in [1.29, 1.82) is 0 Å². The Kier molecular flexibility index (Phi) is 4.62. The van der Waals surface area contributed by atoms with Gasteiger partial charge in [0.2, 0.25) is 5.16 Å². The lowest BCUT2D eigenvalue weighted by atomic mass is 10.0. The Hall–Kier alpha value is -2.34. The second-order valence-corrected chi connectivity index (χ2v) is 6.37. The van der Waals surface area contributed by atoms with Gasteiger partial charge in [0.25, 0.3) is 0 Å². The van der Waals surface area contributed by atoms with Crippen molar-refractivity contribution in [2.24, 2.45) is 0 Å². The normalized spacial score (nSPS) is 11.1. The molecule has 0 unspecified atom stereocenters. The van der Waals surface area contributed by atoms with Crippen LogP contribution in [0.5, 0.6) is 0 Å². The summed E-state index contributed by atoms with van der Waals surface area (Å²) >= 11 is 1.31. The van der Waals surface area contributed by atoms with Gasteiger partial charge in [0, 0.05) is 5.56 Å². The van der Waals surface area contributed by atoms with Gasteiger partial charge in [-0.2, -0.15) is 4.98 Å². The maximum Gasteiger partial charge on any atom is 0.209 e. The summed E-state index contributed by atoms with van der Waals surface area (Å²) in [4.78, 5) is 16.5. The summed E-state index contributed by atoms with van der Waals surface area (Å²) in [6, 6.07) is 11.4.